The maximum absolute atomic E-state index is 13.1. The van der Waals surface area contributed by atoms with Gasteiger partial charge < -0.3 is 4.90 Å². The standard InChI is InChI=1S/C13H12F2N4O/c14-11-2-1-10(3-12(11)15)13(20)18-4-9(5-18)6-19-8-16-7-17-19/h1-3,7-9H,4-6H2. The second kappa shape index (κ2) is 4.99. The number of likely N-dealkylation sites (tertiary alicyclic amines) is 1. The van der Waals surface area contributed by atoms with Gasteiger partial charge in [0.1, 0.15) is 12.7 Å². The molecule has 5 nitrogen and oxygen atoms in total. The Morgan fingerprint density at radius 2 is 2.10 bits per heavy atom. The lowest BCUT2D eigenvalue weighted by Gasteiger charge is -2.39. The van der Waals surface area contributed by atoms with E-state index in [4.69, 9.17) is 0 Å². The Labute approximate surface area is 113 Å². The van der Waals surface area contributed by atoms with Crippen LogP contribution in [0.1, 0.15) is 10.4 Å². The molecule has 1 saturated heterocycles. The van der Waals surface area contributed by atoms with Crippen LogP contribution in [0.5, 0.6) is 0 Å². The van der Waals surface area contributed by atoms with E-state index in [1.807, 2.05) is 0 Å². The molecule has 7 heteroatoms. The molecule has 1 aromatic heterocycles. The maximum Gasteiger partial charge on any atom is 0.253 e. The molecule has 0 spiro atoms. The number of carbonyl (C=O) groups is 1. The maximum atomic E-state index is 13.1. The largest absolute Gasteiger partial charge is 0.338 e. The van der Waals surface area contributed by atoms with Crippen molar-refractivity contribution in [1.29, 1.82) is 0 Å². The van der Waals surface area contributed by atoms with Crippen molar-refractivity contribution in [3.8, 4) is 0 Å². The fraction of sp³-hybridized carbons (Fsp3) is 0.308. The molecule has 0 unspecified atom stereocenters. The second-order valence-electron chi connectivity index (χ2n) is 4.82. The van der Waals surface area contributed by atoms with Gasteiger partial charge >= 0.3 is 0 Å². The molecule has 104 valence electrons. The van der Waals surface area contributed by atoms with Gasteiger partial charge in [-0.05, 0) is 18.2 Å². The van der Waals surface area contributed by atoms with Gasteiger partial charge in [-0.25, -0.2) is 13.8 Å². The average molecular weight is 278 g/mol. The van der Waals surface area contributed by atoms with Crippen LogP contribution in [0.15, 0.2) is 30.9 Å². The van der Waals surface area contributed by atoms with E-state index in [1.54, 1.807) is 15.9 Å². The number of carbonyl (C=O) groups excluding carboxylic acids is 1. The van der Waals surface area contributed by atoms with E-state index in [-0.39, 0.29) is 11.5 Å². The summed E-state index contributed by atoms with van der Waals surface area (Å²) in [5.41, 5.74) is 0.170. The fourth-order valence-corrected chi connectivity index (χ4v) is 2.25. The molecule has 0 atom stereocenters. The summed E-state index contributed by atoms with van der Waals surface area (Å²) in [6.07, 6.45) is 3.09. The monoisotopic (exact) mass is 278 g/mol. The molecule has 1 amide bonds. The minimum atomic E-state index is -1.00. The molecule has 2 heterocycles. The Morgan fingerprint density at radius 1 is 1.30 bits per heavy atom. The van der Waals surface area contributed by atoms with Gasteiger partial charge in [0.05, 0.1) is 0 Å². The van der Waals surface area contributed by atoms with Crippen molar-refractivity contribution in [1.82, 2.24) is 19.7 Å². The van der Waals surface area contributed by atoms with E-state index in [9.17, 15) is 13.6 Å². The van der Waals surface area contributed by atoms with Crippen molar-refractivity contribution in [2.75, 3.05) is 13.1 Å². The van der Waals surface area contributed by atoms with Gasteiger partial charge in [0.2, 0.25) is 0 Å². The van der Waals surface area contributed by atoms with Gasteiger partial charge in [0.25, 0.3) is 5.91 Å². The topological polar surface area (TPSA) is 51.0 Å². The highest BCUT2D eigenvalue weighted by Crippen LogP contribution is 2.20. The number of hydrogen-bond donors (Lipinski definition) is 0. The third-order valence-corrected chi connectivity index (χ3v) is 3.32. The first-order valence-corrected chi connectivity index (χ1v) is 6.20. The molecule has 1 aromatic carbocycles. The summed E-state index contributed by atoms with van der Waals surface area (Å²) >= 11 is 0. The fourth-order valence-electron chi connectivity index (χ4n) is 2.25. The molecule has 2 aromatic rings. The molecule has 3 rings (SSSR count). The minimum absolute atomic E-state index is 0.170. The molecule has 0 aliphatic carbocycles. The lowest BCUT2D eigenvalue weighted by atomic mass is 9.99. The summed E-state index contributed by atoms with van der Waals surface area (Å²) in [4.78, 5) is 17.5. The van der Waals surface area contributed by atoms with Crippen LogP contribution in [-0.4, -0.2) is 38.7 Å². The number of amides is 1. The van der Waals surface area contributed by atoms with Gasteiger partial charge in [0, 0.05) is 31.1 Å². The number of nitrogens with zero attached hydrogens (tertiary/aromatic N) is 4. The van der Waals surface area contributed by atoms with Crippen LogP contribution in [0, 0.1) is 17.6 Å². The molecule has 1 aliphatic heterocycles. The zero-order chi connectivity index (χ0) is 14.1. The highest BCUT2D eigenvalue weighted by Gasteiger charge is 2.31. The van der Waals surface area contributed by atoms with Crippen molar-refractivity contribution in [3.63, 3.8) is 0 Å². The highest BCUT2D eigenvalue weighted by molar-refractivity contribution is 5.94. The van der Waals surface area contributed by atoms with E-state index >= 15 is 0 Å². The van der Waals surface area contributed by atoms with Crippen molar-refractivity contribution in [2.24, 2.45) is 5.92 Å². The van der Waals surface area contributed by atoms with Crippen molar-refractivity contribution < 1.29 is 13.6 Å². The Morgan fingerprint density at radius 3 is 2.75 bits per heavy atom. The van der Waals surface area contributed by atoms with E-state index in [2.05, 4.69) is 10.1 Å². The van der Waals surface area contributed by atoms with Crippen molar-refractivity contribution >= 4 is 5.91 Å². The smallest absolute Gasteiger partial charge is 0.253 e. The first-order chi connectivity index (χ1) is 9.63. The minimum Gasteiger partial charge on any atom is -0.338 e. The highest BCUT2D eigenvalue weighted by atomic mass is 19.2. The van der Waals surface area contributed by atoms with E-state index < -0.39 is 11.6 Å². The molecular formula is C13H12F2N4O. The molecule has 20 heavy (non-hydrogen) atoms. The summed E-state index contributed by atoms with van der Waals surface area (Å²) in [5.74, 6) is -1.92. The predicted octanol–water partition coefficient (Wildman–Crippen LogP) is 1.33. The van der Waals surface area contributed by atoms with Gasteiger partial charge in [-0.15, -0.1) is 0 Å². The summed E-state index contributed by atoms with van der Waals surface area (Å²) in [7, 11) is 0. The second-order valence-corrected chi connectivity index (χ2v) is 4.82. The lowest BCUT2D eigenvalue weighted by molar-refractivity contribution is 0.0460. The van der Waals surface area contributed by atoms with Crippen molar-refractivity contribution in [3.05, 3.63) is 48.1 Å². The average Bonchev–Trinajstić information content (AvgIpc) is 2.89. The Bertz CT molecular complexity index is 623. The molecule has 1 aliphatic rings. The van der Waals surface area contributed by atoms with E-state index in [0.717, 1.165) is 12.1 Å². The van der Waals surface area contributed by atoms with Gasteiger partial charge in [-0.3, -0.25) is 9.48 Å². The quantitative estimate of drug-likeness (QED) is 0.851. The summed E-state index contributed by atoms with van der Waals surface area (Å²) in [6.45, 7) is 1.86. The zero-order valence-corrected chi connectivity index (χ0v) is 10.5. The van der Waals surface area contributed by atoms with Crippen LogP contribution in [-0.2, 0) is 6.54 Å². The normalized spacial score (nSPS) is 15.2. The van der Waals surface area contributed by atoms with Gasteiger partial charge in [-0.2, -0.15) is 5.10 Å². The third kappa shape index (κ3) is 2.38. The van der Waals surface area contributed by atoms with Crippen LogP contribution in [0.4, 0.5) is 8.78 Å². The molecule has 0 N–H and O–H groups in total. The number of hydrogen-bond acceptors (Lipinski definition) is 3. The zero-order valence-electron chi connectivity index (χ0n) is 10.5. The first kappa shape index (κ1) is 12.7. The van der Waals surface area contributed by atoms with Crippen LogP contribution in [0.3, 0.4) is 0 Å². The molecule has 1 fully saturated rings. The van der Waals surface area contributed by atoms with Crippen LogP contribution in [0.25, 0.3) is 0 Å². The first-order valence-electron chi connectivity index (χ1n) is 6.20. The molecule has 0 radical (unpaired) electrons. The number of rotatable bonds is 3. The Balaban J connectivity index is 1.59. The van der Waals surface area contributed by atoms with Crippen LogP contribution in [0.2, 0.25) is 0 Å². The van der Waals surface area contributed by atoms with Gasteiger partial charge in [0.15, 0.2) is 11.6 Å². The Kier molecular flexibility index (Phi) is 3.17. The summed E-state index contributed by atoms with van der Waals surface area (Å²) in [5, 5.41) is 4.00. The summed E-state index contributed by atoms with van der Waals surface area (Å²) < 4.78 is 27.6. The SMILES string of the molecule is O=C(c1ccc(F)c(F)c1)N1CC(Cn2cncn2)C1. The Hall–Kier alpha value is -2.31. The lowest BCUT2D eigenvalue weighted by Crippen LogP contribution is -2.51. The number of halogens is 2. The molecular weight excluding hydrogens is 266 g/mol. The predicted molar refractivity (Wildman–Crippen MR) is 65.8 cm³/mol. The van der Waals surface area contributed by atoms with Crippen LogP contribution >= 0.6 is 0 Å². The molecule has 0 bridgehead atoms. The summed E-state index contributed by atoms with van der Waals surface area (Å²) in [6, 6.07) is 3.20. The van der Waals surface area contributed by atoms with E-state index in [0.29, 0.717) is 25.6 Å². The van der Waals surface area contributed by atoms with E-state index in [1.165, 1.54) is 12.4 Å². The van der Waals surface area contributed by atoms with Crippen molar-refractivity contribution in [2.45, 2.75) is 6.54 Å². The molecule has 0 saturated carbocycles. The van der Waals surface area contributed by atoms with Crippen LogP contribution < -0.4 is 0 Å². The number of benzene rings is 1. The third-order valence-electron chi connectivity index (χ3n) is 3.32. The number of aromatic nitrogens is 3. The van der Waals surface area contributed by atoms with Gasteiger partial charge in [-0.1, -0.05) is 0 Å².